The summed E-state index contributed by atoms with van der Waals surface area (Å²) in [5.41, 5.74) is 1.18. The molecule has 1 aromatic heterocycles. The topological polar surface area (TPSA) is 72.3 Å². The van der Waals surface area contributed by atoms with Crippen molar-refractivity contribution in [1.29, 1.82) is 0 Å². The lowest BCUT2D eigenvalue weighted by molar-refractivity contribution is 0.0647. The van der Waals surface area contributed by atoms with Gasteiger partial charge in [-0.1, -0.05) is 30.3 Å². The Kier molecular flexibility index (Phi) is 3.30. The SMILES string of the molecule is O=C(O)OC(c1ccccc1)c1cnccn1. The molecule has 5 nitrogen and oxygen atoms in total. The second kappa shape index (κ2) is 5.07. The summed E-state index contributed by atoms with van der Waals surface area (Å²) in [6.07, 6.45) is 2.41. The molecule has 5 heteroatoms. The van der Waals surface area contributed by atoms with E-state index in [4.69, 9.17) is 9.84 Å². The highest BCUT2D eigenvalue weighted by Crippen LogP contribution is 2.23. The van der Waals surface area contributed by atoms with Crippen LogP contribution in [0.15, 0.2) is 48.9 Å². The van der Waals surface area contributed by atoms with Crippen molar-refractivity contribution < 1.29 is 14.6 Å². The molecule has 0 saturated carbocycles. The molecule has 0 bridgehead atoms. The Morgan fingerprint density at radius 3 is 2.59 bits per heavy atom. The predicted molar refractivity (Wildman–Crippen MR) is 59.4 cm³/mol. The Morgan fingerprint density at radius 2 is 2.00 bits per heavy atom. The lowest BCUT2D eigenvalue weighted by atomic mass is 10.1. The summed E-state index contributed by atoms with van der Waals surface area (Å²) in [6.45, 7) is 0. The smallest absolute Gasteiger partial charge is 0.450 e. The van der Waals surface area contributed by atoms with Crippen molar-refractivity contribution in [1.82, 2.24) is 9.97 Å². The zero-order chi connectivity index (χ0) is 12.1. The van der Waals surface area contributed by atoms with Crippen LogP contribution < -0.4 is 0 Å². The highest BCUT2D eigenvalue weighted by atomic mass is 16.7. The lowest BCUT2D eigenvalue weighted by Gasteiger charge is -2.15. The third kappa shape index (κ3) is 2.78. The van der Waals surface area contributed by atoms with Crippen molar-refractivity contribution in [2.24, 2.45) is 0 Å². The van der Waals surface area contributed by atoms with Gasteiger partial charge in [0.25, 0.3) is 0 Å². The normalized spacial score (nSPS) is 11.8. The molecule has 2 aromatic rings. The van der Waals surface area contributed by atoms with Gasteiger partial charge in [-0.25, -0.2) is 4.79 Å². The zero-order valence-electron chi connectivity index (χ0n) is 8.85. The van der Waals surface area contributed by atoms with E-state index >= 15 is 0 Å². The van der Waals surface area contributed by atoms with Crippen LogP contribution in [0.4, 0.5) is 4.79 Å². The van der Waals surface area contributed by atoms with E-state index in [0.29, 0.717) is 5.69 Å². The Labute approximate surface area is 97.7 Å². The Morgan fingerprint density at radius 1 is 1.24 bits per heavy atom. The van der Waals surface area contributed by atoms with E-state index in [2.05, 4.69) is 9.97 Å². The summed E-state index contributed by atoms with van der Waals surface area (Å²) in [4.78, 5) is 18.6. The van der Waals surface area contributed by atoms with Gasteiger partial charge in [-0.3, -0.25) is 9.97 Å². The fraction of sp³-hybridized carbons (Fsp3) is 0.0833. The maximum Gasteiger partial charge on any atom is 0.506 e. The molecule has 1 unspecified atom stereocenters. The number of hydrogen-bond acceptors (Lipinski definition) is 4. The first-order chi connectivity index (χ1) is 8.27. The van der Waals surface area contributed by atoms with E-state index < -0.39 is 12.3 Å². The van der Waals surface area contributed by atoms with E-state index in [9.17, 15) is 4.79 Å². The molecule has 0 fully saturated rings. The summed E-state index contributed by atoms with van der Waals surface area (Å²) >= 11 is 0. The summed E-state index contributed by atoms with van der Waals surface area (Å²) < 4.78 is 4.84. The lowest BCUT2D eigenvalue weighted by Crippen LogP contribution is -2.12. The van der Waals surface area contributed by atoms with Crippen LogP contribution in [-0.4, -0.2) is 21.2 Å². The number of benzene rings is 1. The molecule has 0 spiro atoms. The molecule has 1 N–H and O–H groups in total. The van der Waals surface area contributed by atoms with Crippen LogP contribution >= 0.6 is 0 Å². The first-order valence-corrected chi connectivity index (χ1v) is 4.98. The third-order valence-corrected chi connectivity index (χ3v) is 2.17. The average molecular weight is 230 g/mol. The number of carbonyl (C=O) groups is 1. The number of nitrogens with zero attached hydrogens (tertiary/aromatic N) is 2. The molecule has 0 aliphatic carbocycles. The van der Waals surface area contributed by atoms with Crippen molar-refractivity contribution in [2.75, 3.05) is 0 Å². The second-order valence-corrected chi connectivity index (χ2v) is 3.30. The third-order valence-electron chi connectivity index (χ3n) is 2.17. The van der Waals surface area contributed by atoms with Gasteiger partial charge in [-0.15, -0.1) is 0 Å². The molecule has 0 amide bonds. The summed E-state index contributed by atoms with van der Waals surface area (Å²) in [5, 5.41) is 8.74. The van der Waals surface area contributed by atoms with E-state index in [1.54, 1.807) is 12.1 Å². The Balaban J connectivity index is 2.36. The highest BCUT2D eigenvalue weighted by Gasteiger charge is 2.19. The molecule has 1 aromatic carbocycles. The van der Waals surface area contributed by atoms with Gasteiger partial charge in [0, 0.05) is 12.4 Å². The van der Waals surface area contributed by atoms with Gasteiger partial charge in [0.1, 0.15) is 5.69 Å². The quantitative estimate of drug-likeness (QED) is 0.819. The first-order valence-electron chi connectivity index (χ1n) is 4.98. The number of ether oxygens (including phenoxy) is 1. The Hall–Kier alpha value is -2.43. The molecule has 2 rings (SSSR count). The van der Waals surface area contributed by atoms with Crippen LogP contribution in [0.1, 0.15) is 17.4 Å². The van der Waals surface area contributed by atoms with Gasteiger partial charge in [0.15, 0.2) is 6.10 Å². The Bertz CT molecular complexity index is 448. The van der Waals surface area contributed by atoms with Crippen molar-refractivity contribution in [3.63, 3.8) is 0 Å². The summed E-state index contributed by atoms with van der Waals surface area (Å²) in [6, 6.07) is 9.02. The van der Waals surface area contributed by atoms with E-state index in [-0.39, 0.29) is 0 Å². The minimum atomic E-state index is -1.34. The maximum absolute atomic E-state index is 10.7. The highest BCUT2D eigenvalue weighted by molar-refractivity contribution is 5.58. The van der Waals surface area contributed by atoms with E-state index in [1.807, 2.05) is 18.2 Å². The number of aromatic nitrogens is 2. The largest absolute Gasteiger partial charge is 0.506 e. The fourth-order valence-corrected chi connectivity index (χ4v) is 1.47. The number of hydrogen-bond donors (Lipinski definition) is 1. The van der Waals surface area contributed by atoms with Crippen LogP contribution in [0.25, 0.3) is 0 Å². The van der Waals surface area contributed by atoms with Crippen LogP contribution in [0.3, 0.4) is 0 Å². The average Bonchev–Trinajstić information content (AvgIpc) is 2.38. The molecule has 1 heterocycles. The fourth-order valence-electron chi connectivity index (χ4n) is 1.47. The van der Waals surface area contributed by atoms with E-state index in [0.717, 1.165) is 5.56 Å². The number of rotatable bonds is 3. The number of carboxylic acid groups (broad SMARTS) is 1. The zero-order valence-corrected chi connectivity index (χ0v) is 8.85. The predicted octanol–water partition coefficient (Wildman–Crippen LogP) is 2.26. The van der Waals surface area contributed by atoms with Crippen LogP contribution in [0, 0.1) is 0 Å². The maximum atomic E-state index is 10.7. The van der Waals surface area contributed by atoms with Gasteiger partial charge < -0.3 is 9.84 Å². The van der Waals surface area contributed by atoms with Gasteiger partial charge in [0.2, 0.25) is 0 Å². The molecule has 0 aliphatic rings. The van der Waals surface area contributed by atoms with Gasteiger partial charge in [-0.05, 0) is 5.56 Å². The molecule has 1 atom stereocenters. The molecular weight excluding hydrogens is 220 g/mol. The van der Waals surface area contributed by atoms with Crippen LogP contribution in [0.5, 0.6) is 0 Å². The van der Waals surface area contributed by atoms with Crippen LogP contribution in [-0.2, 0) is 4.74 Å². The standard InChI is InChI=1S/C12H10N2O3/c15-12(16)17-11(9-4-2-1-3-5-9)10-8-13-6-7-14-10/h1-8,11H,(H,15,16). The molecule has 0 radical (unpaired) electrons. The molecule has 0 aliphatic heterocycles. The van der Waals surface area contributed by atoms with Gasteiger partial charge in [-0.2, -0.15) is 0 Å². The van der Waals surface area contributed by atoms with Gasteiger partial charge >= 0.3 is 6.16 Å². The minimum Gasteiger partial charge on any atom is -0.450 e. The van der Waals surface area contributed by atoms with Crippen molar-refractivity contribution in [2.45, 2.75) is 6.10 Å². The second-order valence-electron chi connectivity index (χ2n) is 3.30. The molecule has 0 saturated heterocycles. The first kappa shape index (κ1) is 11.1. The van der Waals surface area contributed by atoms with E-state index in [1.165, 1.54) is 18.6 Å². The monoisotopic (exact) mass is 230 g/mol. The molecule has 17 heavy (non-hydrogen) atoms. The summed E-state index contributed by atoms with van der Waals surface area (Å²) in [5.74, 6) is 0. The van der Waals surface area contributed by atoms with Gasteiger partial charge in [0.05, 0.1) is 6.20 Å². The van der Waals surface area contributed by atoms with Crippen molar-refractivity contribution >= 4 is 6.16 Å². The minimum absolute atomic E-state index is 0.459. The summed E-state index contributed by atoms with van der Waals surface area (Å²) in [7, 11) is 0. The van der Waals surface area contributed by atoms with Crippen molar-refractivity contribution in [3.8, 4) is 0 Å². The molecular formula is C12H10N2O3. The van der Waals surface area contributed by atoms with Crippen molar-refractivity contribution in [3.05, 3.63) is 60.2 Å². The van der Waals surface area contributed by atoms with Crippen LogP contribution in [0.2, 0.25) is 0 Å². The molecule has 86 valence electrons.